The standard InChI is InChI=1S/C17H24N2O3/c1-5-13-8-15(17(10(13)2)22-12(4)21)14-6-7-16(18-9-14)19-11(3)20/h6-7,9-10,13,15,17H,5,8H2,1-4H3,(H,18,19,20)/t10-,13+,15+,17?/m1/s1. The zero-order valence-electron chi connectivity index (χ0n) is 13.6. The second-order valence-electron chi connectivity index (χ2n) is 6.10. The molecule has 2 rings (SSSR count). The predicted octanol–water partition coefficient (Wildman–Crippen LogP) is 3.12. The lowest BCUT2D eigenvalue weighted by molar-refractivity contribution is -0.148. The molecule has 120 valence electrons. The van der Waals surface area contributed by atoms with Gasteiger partial charge in [0.05, 0.1) is 0 Å². The minimum absolute atomic E-state index is 0.101. The van der Waals surface area contributed by atoms with Crippen molar-refractivity contribution in [2.45, 2.75) is 52.6 Å². The average molecular weight is 304 g/mol. The summed E-state index contributed by atoms with van der Waals surface area (Å²) in [5.41, 5.74) is 1.06. The number of carbonyl (C=O) groups excluding carboxylic acids is 2. The first-order chi connectivity index (χ1) is 10.4. The third-order valence-corrected chi connectivity index (χ3v) is 4.56. The lowest BCUT2D eigenvalue weighted by Gasteiger charge is -2.23. The maximum atomic E-state index is 11.4. The maximum absolute atomic E-state index is 11.4. The number of pyridine rings is 1. The van der Waals surface area contributed by atoms with Gasteiger partial charge in [0.1, 0.15) is 11.9 Å². The van der Waals surface area contributed by atoms with Crippen molar-refractivity contribution in [3.8, 4) is 0 Å². The van der Waals surface area contributed by atoms with Gasteiger partial charge in [-0.1, -0.05) is 26.3 Å². The molecule has 0 saturated heterocycles. The number of carbonyl (C=O) groups is 2. The summed E-state index contributed by atoms with van der Waals surface area (Å²) < 4.78 is 5.58. The number of nitrogens with zero attached hydrogens (tertiary/aromatic N) is 1. The van der Waals surface area contributed by atoms with Crippen LogP contribution < -0.4 is 5.32 Å². The molecule has 1 aliphatic carbocycles. The highest BCUT2D eigenvalue weighted by Gasteiger charge is 2.42. The number of rotatable bonds is 4. The minimum Gasteiger partial charge on any atom is -0.462 e. The number of anilines is 1. The molecule has 5 nitrogen and oxygen atoms in total. The first-order valence-corrected chi connectivity index (χ1v) is 7.83. The SMILES string of the molecule is CC[C@H]1C[C@@H](c2ccc(NC(C)=O)nc2)C(OC(C)=O)[C@@H]1C. The Morgan fingerprint density at radius 3 is 2.59 bits per heavy atom. The number of amides is 1. The van der Waals surface area contributed by atoms with E-state index >= 15 is 0 Å². The first kappa shape index (κ1) is 16.5. The van der Waals surface area contributed by atoms with Crippen LogP contribution in [0.4, 0.5) is 5.82 Å². The van der Waals surface area contributed by atoms with Gasteiger partial charge in [0.25, 0.3) is 0 Å². The molecule has 1 N–H and O–H groups in total. The van der Waals surface area contributed by atoms with E-state index in [1.165, 1.54) is 13.8 Å². The maximum Gasteiger partial charge on any atom is 0.302 e. The van der Waals surface area contributed by atoms with E-state index in [0.29, 0.717) is 17.7 Å². The predicted molar refractivity (Wildman–Crippen MR) is 84.4 cm³/mol. The summed E-state index contributed by atoms with van der Waals surface area (Å²) in [7, 11) is 0. The Labute approximate surface area is 131 Å². The zero-order valence-corrected chi connectivity index (χ0v) is 13.6. The molecule has 0 radical (unpaired) electrons. The summed E-state index contributed by atoms with van der Waals surface area (Å²) in [6.45, 7) is 7.24. The molecule has 4 atom stereocenters. The van der Waals surface area contributed by atoms with Gasteiger partial charge in [-0.05, 0) is 29.9 Å². The van der Waals surface area contributed by atoms with Gasteiger partial charge in [-0.2, -0.15) is 0 Å². The van der Waals surface area contributed by atoms with E-state index in [1.807, 2.05) is 6.07 Å². The van der Waals surface area contributed by atoms with Crippen LogP contribution in [0.15, 0.2) is 18.3 Å². The summed E-state index contributed by atoms with van der Waals surface area (Å²) in [5.74, 6) is 1.22. The Hall–Kier alpha value is -1.91. The quantitative estimate of drug-likeness (QED) is 0.868. The highest BCUT2D eigenvalue weighted by molar-refractivity contribution is 5.87. The number of esters is 1. The molecule has 1 aromatic rings. The Morgan fingerprint density at radius 2 is 2.09 bits per heavy atom. The average Bonchev–Trinajstić information content (AvgIpc) is 2.75. The van der Waals surface area contributed by atoms with Crippen LogP contribution in [0.25, 0.3) is 0 Å². The molecule has 1 fully saturated rings. The monoisotopic (exact) mass is 304 g/mol. The fraction of sp³-hybridized carbons (Fsp3) is 0.588. The second kappa shape index (κ2) is 6.90. The molecular weight excluding hydrogens is 280 g/mol. The summed E-state index contributed by atoms with van der Waals surface area (Å²) in [6.07, 6.45) is 3.75. The number of hydrogen-bond donors (Lipinski definition) is 1. The summed E-state index contributed by atoms with van der Waals surface area (Å²) >= 11 is 0. The fourth-order valence-corrected chi connectivity index (χ4v) is 3.43. The Balaban J connectivity index is 2.20. The highest BCUT2D eigenvalue weighted by Crippen LogP contribution is 2.45. The molecule has 1 aromatic heterocycles. The van der Waals surface area contributed by atoms with Crippen molar-refractivity contribution < 1.29 is 14.3 Å². The number of nitrogens with one attached hydrogen (secondary N) is 1. The Bertz CT molecular complexity index is 541. The van der Waals surface area contributed by atoms with E-state index in [2.05, 4.69) is 24.1 Å². The van der Waals surface area contributed by atoms with E-state index in [-0.39, 0.29) is 23.9 Å². The first-order valence-electron chi connectivity index (χ1n) is 7.83. The Morgan fingerprint density at radius 1 is 1.36 bits per heavy atom. The molecule has 1 heterocycles. The number of aromatic nitrogens is 1. The van der Waals surface area contributed by atoms with Crippen LogP contribution in [0.3, 0.4) is 0 Å². The van der Waals surface area contributed by atoms with Crippen molar-refractivity contribution in [1.82, 2.24) is 4.98 Å². The Kier molecular flexibility index (Phi) is 5.16. The van der Waals surface area contributed by atoms with Crippen LogP contribution >= 0.6 is 0 Å². The van der Waals surface area contributed by atoms with Crippen LogP contribution in [0, 0.1) is 11.8 Å². The van der Waals surface area contributed by atoms with Crippen LogP contribution in [-0.2, 0) is 14.3 Å². The lowest BCUT2D eigenvalue weighted by Crippen LogP contribution is -2.26. The smallest absolute Gasteiger partial charge is 0.302 e. The highest BCUT2D eigenvalue weighted by atomic mass is 16.5. The summed E-state index contributed by atoms with van der Waals surface area (Å²) in [6, 6.07) is 3.76. The van der Waals surface area contributed by atoms with Crippen molar-refractivity contribution >= 4 is 17.7 Å². The second-order valence-corrected chi connectivity index (χ2v) is 6.10. The van der Waals surface area contributed by atoms with Crippen molar-refractivity contribution in [3.05, 3.63) is 23.9 Å². The molecule has 0 aromatic carbocycles. The van der Waals surface area contributed by atoms with Gasteiger partial charge >= 0.3 is 5.97 Å². The molecule has 22 heavy (non-hydrogen) atoms. The van der Waals surface area contributed by atoms with Crippen molar-refractivity contribution in [1.29, 1.82) is 0 Å². The molecule has 0 bridgehead atoms. The fourth-order valence-electron chi connectivity index (χ4n) is 3.43. The zero-order chi connectivity index (χ0) is 16.3. The normalized spacial score (nSPS) is 27.5. The van der Waals surface area contributed by atoms with Crippen LogP contribution in [0.5, 0.6) is 0 Å². The van der Waals surface area contributed by atoms with E-state index in [4.69, 9.17) is 4.74 Å². The summed E-state index contributed by atoms with van der Waals surface area (Å²) in [4.78, 5) is 26.7. The molecule has 0 spiro atoms. The molecule has 0 aliphatic heterocycles. The van der Waals surface area contributed by atoms with E-state index in [9.17, 15) is 9.59 Å². The molecule has 1 amide bonds. The molecule has 1 saturated carbocycles. The van der Waals surface area contributed by atoms with Crippen molar-refractivity contribution in [3.63, 3.8) is 0 Å². The van der Waals surface area contributed by atoms with Gasteiger partial charge < -0.3 is 10.1 Å². The summed E-state index contributed by atoms with van der Waals surface area (Å²) in [5, 5.41) is 2.66. The van der Waals surface area contributed by atoms with E-state index in [1.54, 1.807) is 12.3 Å². The van der Waals surface area contributed by atoms with Crippen LogP contribution in [0.2, 0.25) is 0 Å². The van der Waals surface area contributed by atoms with Gasteiger partial charge in [0, 0.05) is 26.0 Å². The van der Waals surface area contributed by atoms with E-state index < -0.39 is 0 Å². The third kappa shape index (κ3) is 3.64. The third-order valence-electron chi connectivity index (χ3n) is 4.56. The molecular formula is C17H24N2O3. The van der Waals surface area contributed by atoms with Gasteiger partial charge in [-0.25, -0.2) is 4.98 Å². The van der Waals surface area contributed by atoms with E-state index in [0.717, 1.165) is 18.4 Å². The van der Waals surface area contributed by atoms with Crippen LogP contribution in [0.1, 0.15) is 52.0 Å². The van der Waals surface area contributed by atoms with Gasteiger partial charge in [-0.3, -0.25) is 9.59 Å². The largest absolute Gasteiger partial charge is 0.462 e. The minimum atomic E-state index is -0.235. The lowest BCUT2D eigenvalue weighted by atomic mass is 9.94. The molecule has 5 heteroatoms. The van der Waals surface area contributed by atoms with Crippen molar-refractivity contribution in [2.75, 3.05) is 5.32 Å². The van der Waals surface area contributed by atoms with Gasteiger partial charge in [-0.15, -0.1) is 0 Å². The van der Waals surface area contributed by atoms with Gasteiger partial charge in [0.15, 0.2) is 0 Å². The topological polar surface area (TPSA) is 68.3 Å². The number of hydrogen-bond acceptors (Lipinski definition) is 4. The van der Waals surface area contributed by atoms with Crippen molar-refractivity contribution in [2.24, 2.45) is 11.8 Å². The molecule has 1 unspecified atom stereocenters. The number of ether oxygens (including phenoxy) is 1. The van der Waals surface area contributed by atoms with Gasteiger partial charge in [0.2, 0.25) is 5.91 Å². The molecule has 1 aliphatic rings. The van der Waals surface area contributed by atoms with Crippen LogP contribution in [-0.4, -0.2) is 23.0 Å².